The van der Waals surface area contributed by atoms with Gasteiger partial charge in [-0.2, -0.15) is 0 Å². The summed E-state index contributed by atoms with van der Waals surface area (Å²) in [7, 11) is 0. The molecule has 1 heterocycles. The summed E-state index contributed by atoms with van der Waals surface area (Å²) < 4.78 is 19.5. The average molecular weight is 429 g/mol. The Morgan fingerprint density at radius 2 is 1.87 bits per heavy atom. The smallest absolute Gasteiger partial charge is 0.249 e. The molecule has 2 aromatic rings. The first-order chi connectivity index (χ1) is 14.9. The number of amides is 2. The number of nitrogens with one attached hydrogen (secondary N) is 1. The van der Waals surface area contributed by atoms with Crippen LogP contribution in [-0.4, -0.2) is 41.1 Å². The fourth-order valence-corrected chi connectivity index (χ4v) is 3.79. The molecule has 2 aromatic carbocycles. The van der Waals surface area contributed by atoms with Crippen molar-refractivity contribution in [3.8, 4) is 0 Å². The van der Waals surface area contributed by atoms with E-state index in [2.05, 4.69) is 5.32 Å². The summed E-state index contributed by atoms with van der Waals surface area (Å²) in [5.41, 5.74) is 1.61. The summed E-state index contributed by atoms with van der Waals surface area (Å²) in [6.45, 7) is 4.06. The van der Waals surface area contributed by atoms with E-state index in [1.807, 2.05) is 13.8 Å². The van der Waals surface area contributed by atoms with Crippen molar-refractivity contribution in [3.63, 3.8) is 0 Å². The molecule has 7 heteroatoms. The zero-order valence-corrected chi connectivity index (χ0v) is 17.9. The van der Waals surface area contributed by atoms with Gasteiger partial charge < -0.3 is 20.1 Å². The summed E-state index contributed by atoms with van der Waals surface area (Å²) >= 11 is 0. The van der Waals surface area contributed by atoms with E-state index in [1.165, 1.54) is 11.0 Å². The van der Waals surface area contributed by atoms with Crippen LogP contribution in [0.2, 0.25) is 0 Å². The number of nitrogens with zero attached hydrogens (tertiary/aromatic N) is 1. The molecule has 0 aliphatic carbocycles. The lowest BCUT2D eigenvalue weighted by Gasteiger charge is -2.38. The largest absolute Gasteiger partial charge is 0.386 e. The molecule has 166 valence electrons. The third-order valence-electron chi connectivity index (χ3n) is 5.77. The quantitative estimate of drug-likeness (QED) is 0.673. The summed E-state index contributed by atoms with van der Waals surface area (Å²) in [5.74, 6) is -0.761. The fourth-order valence-electron chi connectivity index (χ4n) is 3.79. The topological polar surface area (TPSA) is 78.9 Å². The highest BCUT2D eigenvalue weighted by Gasteiger charge is 2.35. The van der Waals surface area contributed by atoms with Gasteiger partial charge in [0.2, 0.25) is 11.8 Å². The third-order valence-corrected chi connectivity index (χ3v) is 5.77. The number of carbonyl (C=O) groups is 2. The molecule has 0 spiro atoms. The second-order valence-corrected chi connectivity index (χ2v) is 7.77. The Hall–Kier alpha value is -2.77. The molecule has 1 aliphatic heterocycles. The minimum atomic E-state index is -1.01. The molecule has 2 amide bonds. The number of benzene rings is 2. The zero-order valence-electron chi connectivity index (χ0n) is 17.9. The predicted molar refractivity (Wildman–Crippen MR) is 116 cm³/mol. The molecule has 6 nitrogen and oxygen atoms in total. The van der Waals surface area contributed by atoms with Gasteiger partial charge in [0.1, 0.15) is 18.5 Å². The van der Waals surface area contributed by atoms with Gasteiger partial charge in [-0.1, -0.05) is 44.2 Å². The highest BCUT2D eigenvalue weighted by molar-refractivity contribution is 5.92. The van der Waals surface area contributed by atoms with Crippen LogP contribution in [0.25, 0.3) is 0 Å². The molecule has 0 radical (unpaired) electrons. The average Bonchev–Trinajstić information content (AvgIpc) is 2.77. The van der Waals surface area contributed by atoms with E-state index in [0.717, 1.165) is 12.8 Å². The maximum absolute atomic E-state index is 14.1. The molecule has 0 saturated carbocycles. The van der Waals surface area contributed by atoms with E-state index in [9.17, 15) is 19.1 Å². The van der Waals surface area contributed by atoms with Crippen LogP contribution in [0.4, 0.5) is 10.1 Å². The third kappa shape index (κ3) is 5.48. The van der Waals surface area contributed by atoms with E-state index in [-0.39, 0.29) is 37.5 Å². The Morgan fingerprint density at radius 3 is 2.52 bits per heavy atom. The minimum absolute atomic E-state index is 0.0272. The molecule has 2 unspecified atom stereocenters. The first kappa shape index (κ1) is 22.9. The number of ether oxygens (including phenoxy) is 1. The highest BCUT2D eigenvalue weighted by Crippen LogP contribution is 2.27. The number of aliphatic hydroxyl groups is 1. The van der Waals surface area contributed by atoms with E-state index in [0.29, 0.717) is 16.8 Å². The maximum Gasteiger partial charge on any atom is 0.249 e. The normalized spacial score (nSPS) is 17.6. The predicted octanol–water partition coefficient (Wildman–Crippen LogP) is 3.66. The van der Waals surface area contributed by atoms with Gasteiger partial charge in [0, 0.05) is 23.7 Å². The molecular weight excluding hydrogens is 399 g/mol. The second kappa shape index (κ2) is 10.5. The SMILES string of the molecule is CCC(CC)C(=O)Nc1ccc(C(O)C2COCC(=O)N2Cc2ccccc2F)cc1. The van der Waals surface area contributed by atoms with Crippen LogP contribution < -0.4 is 5.32 Å². The van der Waals surface area contributed by atoms with Gasteiger partial charge in [0.15, 0.2) is 0 Å². The van der Waals surface area contributed by atoms with Gasteiger partial charge in [0.25, 0.3) is 0 Å². The summed E-state index contributed by atoms with van der Waals surface area (Å²) in [6, 6.07) is 12.5. The van der Waals surface area contributed by atoms with Crippen molar-refractivity contribution < 1.29 is 23.8 Å². The maximum atomic E-state index is 14.1. The summed E-state index contributed by atoms with van der Waals surface area (Å²) in [5, 5.41) is 13.9. The number of hydrogen-bond acceptors (Lipinski definition) is 4. The molecule has 2 N–H and O–H groups in total. The number of halogens is 1. The van der Waals surface area contributed by atoms with Crippen molar-refractivity contribution in [2.75, 3.05) is 18.5 Å². The first-order valence-corrected chi connectivity index (χ1v) is 10.6. The number of rotatable bonds is 8. The summed E-state index contributed by atoms with van der Waals surface area (Å²) in [6.07, 6.45) is 0.527. The van der Waals surface area contributed by atoms with Crippen molar-refractivity contribution in [1.29, 1.82) is 0 Å². The summed E-state index contributed by atoms with van der Waals surface area (Å²) in [4.78, 5) is 26.2. The van der Waals surface area contributed by atoms with Crippen molar-refractivity contribution in [1.82, 2.24) is 4.90 Å². The van der Waals surface area contributed by atoms with Gasteiger partial charge >= 0.3 is 0 Å². The number of anilines is 1. The van der Waals surface area contributed by atoms with Crippen LogP contribution in [0.15, 0.2) is 48.5 Å². The monoisotopic (exact) mass is 428 g/mol. The van der Waals surface area contributed by atoms with Crippen LogP contribution >= 0.6 is 0 Å². The van der Waals surface area contributed by atoms with Crippen molar-refractivity contribution in [3.05, 3.63) is 65.5 Å². The van der Waals surface area contributed by atoms with E-state index < -0.39 is 18.0 Å². The van der Waals surface area contributed by atoms with Gasteiger partial charge in [0.05, 0.1) is 12.6 Å². The Kier molecular flexibility index (Phi) is 7.76. The fraction of sp³-hybridized carbons (Fsp3) is 0.417. The van der Waals surface area contributed by atoms with Crippen LogP contribution in [0.3, 0.4) is 0 Å². The number of morpholine rings is 1. The molecule has 3 rings (SSSR count). The Bertz CT molecular complexity index is 899. The molecule has 2 atom stereocenters. The molecule has 1 saturated heterocycles. The molecular formula is C24H29FN2O4. The van der Waals surface area contributed by atoms with Crippen LogP contribution in [0.5, 0.6) is 0 Å². The van der Waals surface area contributed by atoms with Crippen molar-refractivity contribution in [2.24, 2.45) is 5.92 Å². The van der Waals surface area contributed by atoms with Crippen LogP contribution in [-0.2, 0) is 20.9 Å². The Labute approximate surface area is 182 Å². The lowest BCUT2D eigenvalue weighted by molar-refractivity contribution is -0.155. The lowest BCUT2D eigenvalue weighted by Crippen LogP contribution is -2.51. The van der Waals surface area contributed by atoms with Crippen LogP contribution in [0.1, 0.15) is 43.9 Å². The van der Waals surface area contributed by atoms with Crippen molar-refractivity contribution >= 4 is 17.5 Å². The van der Waals surface area contributed by atoms with Gasteiger partial charge in [-0.25, -0.2) is 4.39 Å². The molecule has 1 aliphatic rings. The minimum Gasteiger partial charge on any atom is -0.386 e. The molecule has 31 heavy (non-hydrogen) atoms. The Morgan fingerprint density at radius 1 is 1.19 bits per heavy atom. The number of hydrogen-bond donors (Lipinski definition) is 2. The molecule has 0 aromatic heterocycles. The highest BCUT2D eigenvalue weighted by atomic mass is 19.1. The number of carbonyl (C=O) groups excluding carboxylic acids is 2. The zero-order chi connectivity index (χ0) is 22.4. The lowest BCUT2D eigenvalue weighted by atomic mass is 9.99. The second-order valence-electron chi connectivity index (χ2n) is 7.77. The van der Waals surface area contributed by atoms with Crippen molar-refractivity contribution in [2.45, 2.75) is 45.4 Å². The Balaban J connectivity index is 1.73. The molecule has 1 fully saturated rings. The molecule has 0 bridgehead atoms. The van der Waals surface area contributed by atoms with E-state index >= 15 is 0 Å². The van der Waals surface area contributed by atoms with Crippen LogP contribution in [0, 0.1) is 11.7 Å². The van der Waals surface area contributed by atoms with Gasteiger partial charge in [-0.3, -0.25) is 9.59 Å². The first-order valence-electron chi connectivity index (χ1n) is 10.6. The van der Waals surface area contributed by atoms with E-state index in [1.54, 1.807) is 42.5 Å². The van der Waals surface area contributed by atoms with E-state index in [4.69, 9.17) is 4.74 Å². The van der Waals surface area contributed by atoms with Gasteiger partial charge in [-0.05, 0) is 36.6 Å². The standard InChI is InChI=1S/C24H29FN2O4/c1-3-16(4-2)24(30)26-19-11-9-17(10-12-19)23(29)21-14-31-15-22(28)27(21)13-18-7-5-6-8-20(18)25/h5-12,16,21,23,29H,3-4,13-15H2,1-2H3,(H,26,30). The van der Waals surface area contributed by atoms with Gasteiger partial charge in [-0.15, -0.1) is 0 Å². The number of aliphatic hydroxyl groups excluding tert-OH is 1.